The second-order valence-corrected chi connectivity index (χ2v) is 9.11. The molecule has 0 saturated heterocycles. The van der Waals surface area contributed by atoms with Crippen molar-refractivity contribution in [3.63, 3.8) is 0 Å². The zero-order valence-corrected chi connectivity index (χ0v) is 20.2. The molecule has 1 aromatic carbocycles. The van der Waals surface area contributed by atoms with Crippen molar-refractivity contribution in [3.8, 4) is 0 Å². The number of anilines is 1. The Kier molecular flexibility index (Phi) is 12.6. The van der Waals surface area contributed by atoms with Gasteiger partial charge in [0.1, 0.15) is 5.78 Å². The van der Waals surface area contributed by atoms with Crippen molar-refractivity contribution in [1.82, 2.24) is 0 Å². The first-order valence-corrected chi connectivity index (χ1v) is 12.5. The van der Waals surface area contributed by atoms with Crippen LogP contribution in [0.15, 0.2) is 54.6 Å². The van der Waals surface area contributed by atoms with Gasteiger partial charge in [-0.1, -0.05) is 75.6 Å². The van der Waals surface area contributed by atoms with E-state index in [0.717, 1.165) is 57.1 Å². The second kappa shape index (κ2) is 15.4. The summed E-state index contributed by atoms with van der Waals surface area (Å²) in [5.41, 5.74) is 0.723. The number of nitrogens with one attached hydrogen (secondary N) is 1. The summed E-state index contributed by atoms with van der Waals surface area (Å²) < 4.78 is 5.20. The number of amides is 1. The van der Waals surface area contributed by atoms with Crippen LogP contribution in [0.4, 0.5) is 10.5 Å². The van der Waals surface area contributed by atoms with Crippen molar-refractivity contribution in [2.24, 2.45) is 17.8 Å². The molecule has 0 spiro atoms. The van der Waals surface area contributed by atoms with Gasteiger partial charge < -0.3 is 9.84 Å². The number of unbranched alkanes of at least 4 members (excludes halogenated alkanes) is 4. The van der Waals surface area contributed by atoms with Crippen LogP contribution in [0.2, 0.25) is 0 Å². The lowest BCUT2D eigenvalue weighted by Crippen LogP contribution is -2.15. The molecule has 2 rings (SSSR count). The van der Waals surface area contributed by atoms with E-state index in [2.05, 4.69) is 37.4 Å². The molecule has 0 aromatic heterocycles. The van der Waals surface area contributed by atoms with Crippen molar-refractivity contribution in [2.75, 3.05) is 11.9 Å². The molecule has 0 radical (unpaired) electrons. The second-order valence-electron chi connectivity index (χ2n) is 9.11. The third-order valence-electron chi connectivity index (χ3n) is 6.29. The van der Waals surface area contributed by atoms with E-state index in [0.29, 0.717) is 24.7 Å². The molecule has 0 heterocycles. The Labute approximate surface area is 199 Å². The molecule has 4 atom stereocenters. The maximum absolute atomic E-state index is 12.5. The van der Waals surface area contributed by atoms with E-state index < -0.39 is 12.2 Å². The summed E-state index contributed by atoms with van der Waals surface area (Å²) in [5, 5.41) is 12.9. The van der Waals surface area contributed by atoms with Gasteiger partial charge in [-0.15, -0.1) is 0 Å². The van der Waals surface area contributed by atoms with Crippen LogP contribution in [-0.4, -0.2) is 29.7 Å². The molecular weight excluding hydrogens is 414 g/mol. The average Bonchev–Trinajstić information content (AvgIpc) is 3.07. The number of carbonyl (C=O) groups excluding carboxylic acids is 2. The van der Waals surface area contributed by atoms with Crippen LogP contribution in [0, 0.1) is 17.8 Å². The van der Waals surface area contributed by atoms with Gasteiger partial charge in [0.15, 0.2) is 0 Å². The molecule has 1 fully saturated rings. The first-order valence-electron chi connectivity index (χ1n) is 12.5. The summed E-state index contributed by atoms with van der Waals surface area (Å²) in [7, 11) is 0. The maximum atomic E-state index is 12.5. The van der Waals surface area contributed by atoms with Crippen molar-refractivity contribution >= 4 is 17.6 Å². The third kappa shape index (κ3) is 10.4. The summed E-state index contributed by atoms with van der Waals surface area (Å²) in [5.74, 6) is 0.883. The van der Waals surface area contributed by atoms with Gasteiger partial charge in [0.2, 0.25) is 0 Å². The number of benzene rings is 1. The molecule has 182 valence electrons. The van der Waals surface area contributed by atoms with E-state index in [-0.39, 0.29) is 11.8 Å². The predicted octanol–water partition coefficient (Wildman–Crippen LogP) is 6.69. The number of Topliss-reactive ketones (excluding diaryl/α,β-unsaturated/α-hetero) is 1. The molecule has 0 aliphatic heterocycles. The SMILES string of the molecule is CCCCC[C@H](O)/C=C/[C@H]1[C@H](C)CC(=O)[C@@H]1C/C=C\CCCCOC(=O)Nc1ccccc1. The first kappa shape index (κ1) is 26.8. The van der Waals surface area contributed by atoms with Gasteiger partial charge in [-0.05, 0) is 56.1 Å². The highest BCUT2D eigenvalue weighted by molar-refractivity contribution is 5.84. The molecule has 1 aromatic rings. The number of ketones is 1. The summed E-state index contributed by atoms with van der Waals surface area (Å²) in [6, 6.07) is 9.25. The lowest BCUT2D eigenvalue weighted by atomic mass is 9.87. The summed E-state index contributed by atoms with van der Waals surface area (Å²) in [6.07, 6.45) is 15.5. The Morgan fingerprint density at radius 1 is 1.18 bits per heavy atom. The highest BCUT2D eigenvalue weighted by Crippen LogP contribution is 2.37. The number of allylic oxidation sites excluding steroid dienone is 3. The number of aliphatic hydroxyl groups is 1. The van der Waals surface area contributed by atoms with Gasteiger partial charge >= 0.3 is 6.09 Å². The Balaban J connectivity index is 1.63. The molecular formula is C28H41NO4. The van der Waals surface area contributed by atoms with E-state index >= 15 is 0 Å². The van der Waals surface area contributed by atoms with Gasteiger partial charge in [0.25, 0.3) is 0 Å². The van der Waals surface area contributed by atoms with E-state index in [4.69, 9.17) is 4.74 Å². The minimum Gasteiger partial charge on any atom is -0.449 e. The van der Waals surface area contributed by atoms with E-state index in [1.54, 1.807) is 0 Å². The topological polar surface area (TPSA) is 75.6 Å². The van der Waals surface area contributed by atoms with Crippen LogP contribution in [0.3, 0.4) is 0 Å². The van der Waals surface area contributed by atoms with E-state index in [1.807, 2.05) is 36.4 Å². The average molecular weight is 456 g/mol. The van der Waals surface area contributed by atoms with Crippen LogP contribution in [-0.2, 0) is 9.53 Å². The predicted molar refractivity (Wildman–Crippen MR) is 134 cm³/mol. The zero-order chi connectivity index (χ0) is 23.9. The molecule has 0 unspecified atom stereocenters. The molecule has 1 aliphatic carbocycles. The number of hydrogen-bond acceptors (Lipinski definition) is 4. The lowest BCUT2D eigenvalue weighted by Gasteiger charge is -2.17. The molecule has 0 bridgehead atoms. The molecule has 1 aliphatic rings. The normalized spacial score (nSPS) is 21.7. The Morgan fingerprint density at radius 3 is 2.73 bits per heavy atom. The molecule has 5 nitrogen and oxygen atoms in total. The van der Waals surface area contributed by atoms with Gasteiger partial charge in [-0.3, -0.25) is 10.1 Å². The smallest absolute Gasteiger partial charge is 0.411 e. The number of aliphatic hydroxyl groups excluding tert-OH is 1. The Hall–Kier alpha value is -2.40. The lowest BCUT2D eigenvalue weighted by molar-refractivity contribution is -0.121. The van der Waals surface area contributed by atoms with Crippen molar-refractivity contribution in [2.45, 2.75) is 77.7 Å². The summed E-state index contributed by atoms with van der Waals surface area (Å²) in [6.45, 7) is 4.68. The minimum atomic E-state index is -0.430. The largest absolute Gasteiger partial charge is 0.449 e. The molecule has 5 heteroatoms. The van der Waals surface area contributed by atoms with Gasteiger partial charge in [0.05, 0.1) is 12.7 Å². The highest BCUT2D eigenvalue weighted by atomic mass is 16.5. The summed E-state index contributed by atoms with van der Waals surface area (Å²) in [4.78, 5) is 24.2. The van der Waals surface area contributed by atoms with Crippen LogP contribution in [0.1, 0.15) is 71.6 Å². The third-order valence-corrected chi connectivity index (χ3v) is 6.29. The van der Waals surface area contributed by atoms with Crippen LogP contribution in [0.25, 0.3) is 0 Å². The molecule has 1 saturated carbocycles. The number of ether oxygens (including phenoxy) is 1. The van der Waals surface area contributed by atoms with Gasteiger partial charge in [-0.2, -0.15) is 0 Å². The number of carbonyl (C=O) groups is 2. The van der Waals surface area contributed by atoms with Crippen molar-refractivity contribution < 1.29 is 19.4 Å². The fraction of sp³-hybridized carbons (Fsp3) is 0.571. The first-order chi connectivity index (χ1) is 16.0. The molecule has 33 heavy (non-hydrogen) atoms. The standard InChI is InChI=1S/C28H41NO4/c1-3-4-9-16-24(30)18-19-25-22(2)21-27(31)26(25)17-12-6-5-7-13-20-33-28(32)29-23-14-10-8-11-15-23/h6,8,10-12,14-15,18-19,22,24-26,30H,3-5,7,9,13,16-17,20-21H2,1-2H3,(H,29,32)/b12-6-,19-18+/t22-,24+,25+,26-/m1/s1. The van der Waals surface area contributed by atoms with Crippen molar-refractivity contribution in [1.29, 1.82) is 0 Å². The highest BCUT2D eigenvalue weighted by Gasteiger charge is 2.37. The number of hydrogen-bond donors (Lipinski definition) is 2. The fourth-order valence-corrected chi connectivity index (χ4v) is 4.35. The maximum Gasteiger partial charge on any atom is 0.411 e. The van der Waals surface area contributed by atoms with Crippen LogP contribution < -0.4 is 5.32 Å². The monoisotopic (exact) mass is 455 g/mol. The van der Waals surface area contributed by atoms with E-state index in [1.165, 1.54) is 0 Å². The summed E-state index contributed by atoms with van der Waals surface area (Å²) >= 11 is 0. The quantitative estimate of drug-likeness (QED) is 0.242. The number of rotatable bonds is 14. The van der Waals surface area contributed by atoms with Gasteiger partial charge in [0, 0.05) is 18.0 Å². The van der Waals surface area contributed by atoms with Gasteiger partial charge in [-0.25, -0.2) is 4.79 Å². The van der Waals surface area contributed by atoms with E-state index in [9.17, 15) is 14.7 Å². The molecule has 2 N–H and O–H groups in total. The fourth-order valence-electron chi connectivity index (χ4n) is 4.35. The Morgan fingerprint density at radius 2 is 1.97 bits per heavy atom. The van der Waals surface area contributed by atoms with Crippen LogP contribution >= 0.6 is 0 Å². The van der Waals surface area contributed by atoms with Crippen LogP contribution in [0.5, 0.6) is 0 Å². The zero-order valence-electron chi connectivity index (χ0n) is 20.2. The minimum absolute atomic E-state index is 0.0142. The number of para-hydroxylation sites is 1. The Bertz CT molecular complexity index is 758. The van der Waals surface area contributed by atoms with Crippen molar-refractivity contribution in [3.05, 3.63) is 54.6 Å². The molecule has 1 amide bonds.